The molecule has 0 heterocycles. The predicted octanol–water partition coefficient (Wildman–Crippen LogP) is 6.41. The summed E-state index contributed by atoms with van der Waals surface area (Å²) in [5, 5.41) is 3.45. The first-order chi connectivity index (χ1) is 14.8. The van der Waals surface area contributed by atoms with Crippen LogP contribution < -0.4 is 10.1 Å². The molecule has 0 aromatic heterocycles. The fourth-order valence-corrected chi connectivity index (χ4v) is 3.35. The van der Waals surface area contributed by atoms with E-state index in [4.69, 9.17) is 9.47 Å². The minimum atomic E-state index is -0.181. The summed E-state index contributed by atoms with van der Waals surface area (Å²) in [6, 6.07) is 24.0. The lowest BCUT2D eigenvalue weighted by Gasteiger charge is -2.23. The molecule has 0 saturated heterocycles. The van der Waals surface area contributed by atoms with E-state index in [0.29, 0.717) is 19.4 Å². The number of nitrogens with one attached hydrogen (secondary N) is 1. The Balaban J connectivity index is 1.54. The van der Waals surface area contributed by atoms with Gasteiger partial charge in [0.2, 0.25) is 0 Å². The first-order valence-electron chi connectivity index (χ1n) is 10.6. The molecule has 0 saturated carbocycles. The van der Waals surface area contributed by atoms with Gasteiger partial charge in [-0.05, 0) is 53.3 Å². The van der Waals surface area contributed by atoms with Crippen molar-refractivity contribution in [1.29, 1.82) is 0 Å². The minimum absolute atomic E-state index is 0.0119. The van der Waals surface area contributed by atoms with Crippen LogP contribution in [-0.2, 0) is 28.0 Å². The summed E-state index contributed by atoms with van der Waals surface area (Å²) in [5.74, 6) is 0.714. The third kappa shape index (κ3) is 6.61. The van der Waals surface area contributed by atoms with Gasteiger partial charge in [-0.3, -0.25) is 4.79 Å². The van der Waals surface area contributed by atoms with E-state index in [0.717, 1.165) is 33.8 Å². The number of esters is 1. The van der Waals surface area contributed by atoms with E-state index in [1.54, 1.807) is 7.11 Å². The molecule has 0 aliphatic carbocycles. The lowest BCUT2D eigenvalue weighted by molar-refractivity contribution is -0.144. The molecule has 0 unspecified atom stereocenters. The van der Waals surface area contributed by atoms with Crippen LogP contribution in [0.25, 0.3) is 0 Å². The number of aryl methyl sites for hydroxylation is 1. The van der Waals surface area contributed by atoms with E-state index in [-0.39, 0.29) is 11.4 Å². The first kappa shape index (κ1) is 22.4. The van der Waals surface area contributed by atoms with E-state index in [2.05, 4.69) is 32.2 Å². The molecule has 0 amide bonds. The Morgan fingerprint density at radius 2 is 1.55 bits per heavy atom. The molecule has 4 nitrogen and oxygen atoms in total. The van der Waals surface area contributed by atoms with E-state index in [9.17, 15) is 4.79 Å². The van der Waals surface area contributed by atoms with Crippen LogP contribution in [0.2, 0.25) is 0 Å². The van der Waals surface area contributed by atoms with Crippen LogP contribution >= 0.6 is 0 Å². The van der Waals surface area contributed by atoms with Crippen molar-refractivity contribution in [2.45, 2.75) is 45.6 Å². The molecule has 0 atom stereocenters. The molecule has 3 aromatic rings. The fourth-order valence-electron chi connectivity index (χ4n) is 3.35. The summed E-state index contributed by atoms with van der Waals surface area (Å²) in [6.07, 6.45) is 1.03. The van der Waals surface area contributed by atoms with Gasteiger partial charge in [-0.2, -0.15) is 0 Å². The van der Waals surface area contributed by atoms with E-state index >= 15 is 0 Å². The standard InChI is InChI=1S/C27H31NO3/c1-27(2,3)24-18-23(15-16-25(24)30-4)28-22-13-10-20(11-14-22)12-17-26(29)31-19-21-8-6-5-7-9-21/h5-11,13-16,18,28H,12,17,19H2,1-4H3. The zero-order valence-electron chi connectivity index (χ0n) is 18.8. The molecule has 162 valence electrons. The number of rotatable bonds is 8. The number of carbonyl (C=O) groups excluding carboxylic acids is 1. The second-order valence-electron chi connectivity index (χ2n) is 8.63. The van der Waals surface area contributed by atoms with Crippen LogP contribution in [0, 0.1) is 0 Å². The average Bonchev–Trinajstić information content (AvgIpc) is 2.77. The zero-order valence-corrected chi connectivity index (χ0v) is 18.8. The second-order valence-corrected chi connectivity index (χ2v) is 8.63. The Morgan fingerprint density at radius 1 is 0.871 bits per heavy atom. The third-order valence-electron chi connectivity index (χ3n) is 5.11. The van der Waals surface area contributed by atoms with Gasteiger partial charge in [-0.15, -0.1) is 0 Å². The third-order valence-corrected chi connectivity index (χ3v) is 5.11. The molecule has 0 aliphatic heterocycles. The van der Waals surface area contributed by atoms with Crippen LogP contribution in [0.3, 0.4) is 0 Å². The maximum Gasteiger partial charge on any atom is 0.306 e. The Kier molecular flexibility index (Phi) is 7.35. The summed E-state index contributed by atoms with van der Waals surface area (Å²) in [6.45, 7) is 6.85. The maximum absolute atomic E-state index is 12.0. The Bertz CT molecular complexity index is 989. The minimum Gasteiger partial charge on any atom is -0.496 e. The molecule has 31 heavy (non-hydrogen) atoms. The molecular weight excluding hydrogens is 386 g/mol. The number of hydrogen-bond acceptors (Lipinski definition) is 4. The van der Waals surface area contributed by atoms with Crippen molar-refractivity contribution in [3.05, 3.63) is 89.5 Å². The van der Waals surface area contributed by atoms with Gasteiger partial charge in [-0.1, -0.05) is 63.2 Å². The topological polar surface area (TPSA) is 47.6 Å². The number of hydrogen-bond donors (Lipinski definition) is 1. The van der Waals surface area contributed by atoms with Gasteiger partial charge in [0, 0.05) is 23.4 Å². The number of anilines is 2. The molecule has 0 bridgehead atoms. The van der Waals surface area contributed by atoms with Crippen molar-refractivity contribution in [3.63, 3.8) is 0 Å². The van der Waals surface area contributed by atoms with Gasteiger partial charge in [0.05, 0.1) is 7.11 Å². The van der Waals surface area contributed by atoms with Crippen LogP contribution in [-0.4, -0.2) is 13.1 Å². The number of benzene rings is 3. The number of methoxy groups -OCH3 is 1. The molecule has 3 rings (SSSR count). The number of carbonyl (C=O) groups is 1. The number of ether oxygens (including phenoxy) is 2. The fraction of sp³-hybridized carbons (Fsp3) is 0.296. The highest BCUT2D eigenvalue weighted by Gasteiger charge is 2.19. The molecule has 3 aromatic carbocycles. The summed E-state index contributed by atoms with van der Waals surface area (Å²) in [4.78, 5) is 12.0. The lowest BCUT2D eigenvalue weighted by atomic mass is 9.86. The monoisotopic (exact) mass is 417 g/mol. The van der Waals surface area contributed by atoms with E-state index in [1.807, 2.05) is 66.7 Å². The van der Waals surface area contributed by atoms with E-state index < -0.39 is 0 Å². The Morgan fingerprint density at radius 3 is 2.19 bits per heavy atom. The summed E-state index contributed by atoms with van der Waals surface area (Å²) in [5.41, 5.74) is 5.27. The smallest absolute Gasteiger partial charge is 0.306 e. The molecular formula is C27H31NO3. The maximum atomic E-state index is 12.0. The van der Waals surface area contributed by atoms with Gasteiger partial charge >= 0.3 is 5.97 Å². The van der Waals surface area contributed by atoms with E-state index in [1.165, 1.54) is 0 Å². The van der Waals surface area contributed by atoms with Gasteiger partial charge < -0.3 is 14.8 Å². The Labute approximate surface area is 185 Å². The van der Waals surface area contributed by atoms with Gasteiger partial charge in [0.1, 0.15) is 12.4 Å². The molecule has 4 heteroatoms. The van der Waals surface area contributed by atoms with Crippen molar-refractivity contribution in [1.82, 2.24) is 0 Å². The van der Waals surface area contributed by atoms with Gasteiger partial charge in [0.25, 0.3) is 0 Å². The van der Waals surface area contributed by atoms with Gasteiger partial charge in [-0.25, -0.2) is 0 Å². The van der Waals surface area contributed by atoms with Crippen LogP contribution in [0.15, 0.2) is 72.8 Å². The summed E-state index contributed by atoms with van der Waals surface area (Å²) in [7, 11) is 1.70. The lowest BCUT2D eigenvalue weighted by Crippen LogP contribution is -2.13. The highest BCUT2D eigenvalue weighted by Crippen LogP contribution is 2.34. The zero-order chi connectivity index (χ0) is 22.3. The molecule has 0 spiro atoms. The second kappa shape index (κ2) is 10.2. The highest BCUT2D eigenvalue weighted by atomic mass is 16.5. The average molecular weight is 418 g/mol. The summed E-state index contributed by atoms with van der Waals surface area (Å²) < 4.78 is 10.9. The quantitative estimate of drug-likeness (QED) is 0.430. The SMILES string of the molecule is COc1ccc(Nc2ccc(CCC(=O)OCc3ccccc3)cc2)cc1C(C)(C)C. The molecule has 0 fully saturated rings. The molecule has 0 radical (unpaired) electrons. The van der Waals surface area contributed by atoms with Crippen molar-refractivity contribution >= 4 is 17.3 Å². The summed E-state index contributed by atoms with van der Waals surface area (Å²) >= 11 is 0. The van der Waals surface area contributed by atoms with Crippen molar-refractivity contribution in [3.8, 4) is 5.75 Å². The van der Waals surface area contributed by atoms with Crippen molar-refractivity contribution < 1.29 is 14.3 Å². The van der Waals surface area contributed by atoms with Gasteiger partial charge in [0.15, 0.2) is 0 Å². The van der Waals surface area contributed by atoms with Crippen LogP contribution in [0.5, 0.6) is 5.75 Å². The predicted molar refractivity (Wildman–Crippen MR) is 126 cm³/mol. The van der Waals surface area contributed by atoms with Crippen molar-refractivity contribution in [2.75, 3.05) is 12.4 Å². The van der Waals surface area contributed by atoms with Crippen molar-refractivity contribution in [2.24, 2.45) is 0 Å². The first-order valence-corrected chi connectivity index (χ1v) is 10.6. The van der Waals surface area contributed by atoms with Crippen LogP contribution in [0.4, 0.5) is 11.4 Å². The molecule has 0 aliphatic rings. The Hall–Kier alpha value is -3.27. The highest BCUT2D eigenvalue weighted by molar-refractivity contribution is 5.70. The molecule has 1 N–H and O–H groups in total. The normalized spacial score (nSPS) is 11.1. The van der Waals surface area contributed by atoms with Crippen LogP contribution in [0.1, 0.15) is 43.9 Å². The largest absolute Gasteiger partial charge is 0.496 e.